The van der Waals surface area contributed by atoms with Gasteiger partial charge in [-0.2, -0.15) is 5.10 Å². The van der Waals surface area contributed by atoms with Gasteiger partial charge in [-0.1, -0.05) is 0 Å². The average Bonchev–Trinajstić information content (AvgIpc) is 2.85. The number of hydrogen-bond acceptors (Lipinski definition) is 5. The maximum Gasteiger partial charge on any atom is 0.316 e. The summed E-state index contributed by atoms with van der Waals surface area (Å²) in [5.41, 5.74) is 2.43. The number of nitrogens with zero attached hydrogens (tertiary/aromatic N) is 5. The van der Waals surface area contributed by atoms with Crippen LogP contribution in [0.3, 0.4) is 0 Å². The van der Waals surface area contributed by atoms with Crippen molar-refractivity contribution in [3.05, 3.63) is 34.3 Å². The molecule has 1 saturated heterocycles. The van der Waals surface area contributed by atoms with E-state index < -0.39 is 0 Å². The van der Waals surface area contributed by atoms with E-state index in [4.69, 9.17) is 4.74 Å². The molecule has 0 aliphatic carbocycles. The largest absolute Gasteiger partial charge is 0.463 e. The Balaban J connectivity index is 1.51. The molecule has 1 aliphatic rings. The lowest BCUT2D eigenvalue weighted by molar-refractivity contribution is 0.120. The van der Waals surface area contributed by atoms with Crippen molar-refractivity contribution in [3.63, 3.8) is 0 Å². The van der Waals surface area contributed by atoms with Crippen molar-refractivity contribution < 1.29 is 4.74 Å². The van der Waals surface area contributed by atoms with E-state index in [0.717, 1.165) is 29.8 Å². The lowest BCUT2D eigenvalue weighted by Gasteiger charge is -2.32. The van der Waals surface area contributed by atoms with E-state index in [0.29, 0.717) is 18.5 Å². The van der Waals surface area contributed by atoms with Gasteiger partial charge in [0.05, 0.1) is 16.8 Å². The van der Waals surface area contributed by atoms with Crippen LogP contribution in [-0.4, -0.2) is 44.3 Å². The second kappa shape index (κ2) is 7.40. The zero-order chi connectivity index (χ0) is 16.2. The van der Waals surface area contributed by atoms with Gasteiger partial charge in [0.2, 0.25) is 0 Å². The molecule has 124 valence electrons. The van der Waals surface area contributed by atoms with Crippen LogP contribution in [0.25, 0.3) is 0 Å². The van der Waals surface area contributed by atoms with E-state index in [-0.39, 0.29) is 0 Å². The van der Waals surface area contributed by atoms with Crippen LogP contribution in [0.1, 0.15) is 24.1 Å². The summed E-state index contributed by atoms with van der Waals surface area (Å²) < 4.78 is 8.49. The minimum absolute atomic E-state index is 0.452. The lowest BCUT2D eigenvalue weighted by Crippen LogP contribution is -2.37. The highest BCUT2D eigenvalue weighted by molar-refractivity contribution is 9.10. The summed E-state index contributed by atoms with van der Waals surface area (Å²) in [5, 5.41) is 4.42. The molecule has 3 rings (SSSR count). The Morgan fingerprint density at radius 1 is 1.35 bits per heavy atom. The van der Waals surface area contributed by atoms with Crippen LogP contribution in [0.4, 0.5) is 0 Å². The summed E-state index contributed by atoms with van der Waals surface area (Å²) >= 11 is 3.33. The van der Waals surface area contributed by atoms with E-state index in [1.807, 2.05) is 11.7 Å². The van der Waals surface area contributed by atoms with E-state index in [1.165, 1.54) is 18.4 Å². The molecule has 3 heterocycles. The molecule has 1 aliphatic heterocycles. The second-order valence-corrected chi connectivity index (χ2v) is 7.07. The summed E-state index contributed by atoms with van der Waals surface area (Å²) in [6.07, 6.45) is 7.93. The number of hydrogen-bond donors (Lipinski definition) is 0. The number of rotatable bonds is 5. The Bertz CT molecular complexity index is 642. The first kappa shape index (κ1) is 16.4. The van der Waals surface area contributed by atoms with Crippen molar-refractivity contribution in [2.24, 2.45) is 13.0 Å². The van der Waals surface area contributed by atoms with E-state index in [2.05, 4.69) is 49.0 Å². The Kier molecular flexibility index (Phi) is 5.27. The summed E-state index contributed by atoms with van der Waals surface area (Å²) in [5.74, 6) is 0.521. The summed E-state index contributed by atoms with van der Waals surface area (Å²) in [6, 6.07) is 0.452. The highest BCUT2D eigenvalue weighted by Gasteiger charge is 2.21. The van der Waals surface area contributed by atoms with E-state index >= 15 is 0 Å². The minimum Gasteiger partial charge on any atom is -0.463 e. The molecular formula is C16H22BrN5O. The van der Waals surface area contributed by atoms with Crippen molar-refractivity contribution >= 4 is 15.9 Å². The fourth-order valence-corrected chi connectivity index (χ4v) is 3.25. The van der Waals surface area contributed by atoms with Crippen LogP contribution in [0.5, 0.6) is 6.01 Å². The Morgan fingerprint density at radius 2 is 2.13 bits per heavy atom. The van der Waals surface area contributed by atoms with Gasteiger partial charge in [-0.15, -0.1) is 0 Å². The first-order valence-electron chi connectivity index (χ1n) is 7.92. The number of aromatic nitrogens is 4. The molecule has 0 aromatic carbocycles. The SMILES string of the molecule is Cc1nn(C)cc1CN1CCCC(COc2ncc(Br)cn2)C1. The summed E-state index contributed by atoms with van der Waals surface area (Å²) in [4.78, 5) is 10.8. The standard InChI is InChI=1S/C16H22BrN5O/c1-12-14(9-21(2)20-12)10-22-5-3-4-13(8-22)11-23-16-18-6-15(17)7-19-16/h6-7,9,13H,3-5,8,10-11H2,1-2H3. The first-order chi connectivity index (χ1) is 11.1. The van der Waals surface area contributed by atoms with Crippen molar-refractivity contribution in [1.29, 1.82) is 0 Å². The zero-order valence-corrected chi connectivity index (χ0v) is 15.2. The van der Waals surface area contributed by atoms with Gasteiger partial charge in [0, 0.05) is 50.2 Å². The van der Waals surface area contributed by atoms with Gasteiger partial charge in [0.25, 0.3) is 0 Å². The van der Waals surface area contributed by atoms with Gasteiger partial charge in [-0.3, -0.25) is 9.58 Å². The first-order valence-corrected chi connectivity index (χ1v) is 8.71. The van der Waals surface area contributed by atoms with Crippen molar-refractivity contribution in [2.45, 2.75) is 26.3 Å². The molecule has 7 heteroatoms. The normalized spacial score (nSPS) is 19.0. The molecule has 0 amide bonds. The number of likely N-dealkylation sites (tertiary alicyclic amines) is 1. The molecule has 1 fully saturated rings. The number of halogens is 1. The maximum absolute atomic E-state index is 5.74. The van der Waals surface area contributed by atoms with Crippen LogP contribution in [-0.2, 0) is 13.6 Å². The fourth-order valence-electron chi connectivity index (χ4n) is 3.04. The molecule has 1 unspecified atom stereocenters. The van der Waals surface area contributed by atoms with Crippen LogP contribution >= 0.6 is 15.9 Å². The smallest absolute Gasteiger partial charge is 0.316 e. The van der Waals surface area contributed by atoms with Gasteiger partial charge in [0.15, 0.2) is 0 Å². The molecule has 0 saturated carbocycles. The molecule has 2 aromatic rings. The van der Waals surface area contributed by atoms with Gasteiger partial charge in [-0.05, 0) is 42.2 Å². The van der Waals surface area contributed by atoms with Gasteiger partial charge < -0.3 is 4.74 Å². The summed E-state index contributed by atoms with van der Waals surface area (Å²) in [6.45, 7) is 5.89. The lowest BCUT2D eigenvalue weighted by atomic mass is 9.98. The van der Waals surface area contributed by atoms with Crippen LogP contribution in [0.15, 0.2) is 23.1 Å². The van der Waals surface area contributed by atoms with Gasteiger partial charge in [-0.25, -0.2) is 9.97 Å². The third-order valence-corrected chi connectivity index (χ3v) is 4.57. The number of piperidine rings is 1. The molecule has 23 heavy (non-hydrogen) atoms. The highest BCUT2D eigenvalue weighted by Crippen LogP contribution is 2.20. The average molecular weight is 380 g/mol. The minimum atomic E-state index is 0.452. The molecular weight excluding hydrogens is 358 g/mol. The van der Waals surface area contributed by atoms with Crippen molar-refractivity contribution in [3.8, 4) is 6.01 Å². The van der Waals surface area contributed by atoms with Gasteiger partial charge >= 0.3 is 6.01 Å². The fraction of sp³-hybridized carbons (Fsp3) is 0.562. The van der Waals surface area contributed by atoms with E-state index in [1.54, 1.807) is 12.4 Å². The van der Waals surface area contributed by atoms with Crippen LogP contribution in [0.2, 0.25) is 0 Å². The Hall–Kier alpha value is -1.47. The van der Waals surface area contributed by atoms with E-state index in [9.17, 15) is 0 Å². The predicted molar refractivity (Wildman–Crippen MR) is 91.2 cm³/mol. The van der Waals surface area contributed by atoms with Gasteiger partial charge in [0.1, 0.15) is 0 Å². The molecule has 0 N–H and O–H groups in total. The molecule has 1 atom stereocenters. The predicted octanol–water partition coefficient (Wildman–Crippen LogP) is 2.57. The molecule has 2 aromatic heterocycles. The number of aryl methyl sites for hydroxylation is 2. The third kappa shape index (κ3) is 4.51. The number of ether oxygens (including phenoxy) is 1. The van der Waals surface area contributed by atoms with Crippen molar-refractivity contribution in [2.75, 3.05) is 19.7 Å². The maximum atomic E-state index is 5.74. The molecule has 0 bridgehead atoms. The molecule has 0 radical (unpaired) electrons. The summed E-state index contributed by atoms with van der Waals surface area (Å²) in [7, 11) is 1.97. The van der Waals surface area contributed by atoms with Crippen LogP contribution in [0, 0.1) is 12.8 Å². The Morgan fingerprint density at radius 3 is 2.83 bits per heavy atom. The topological polar surface area (TPSA) is 56.1 Å². The Labute approximate surface area is 145 Å². The second-order valence-electron chi connectivity index (χ2n) is 6.15. The monoisotopic (exact) mass is 379 g/mol. The third-order valence-electron chi connectivity index (χ3n) is 4.16. The van der Waals surface area contributed by atoms with Crippen molar-refractivity contribution in [1.82, 2.24) is 24.6 Å². The molecule has 0 spiro atoms. The highest BCUT2D eigenvalue weighted by atomic mass is 79.9. The quantitative estimate of drug-likeness (QED) is 0.798. The molecule has 6 nitrogen and oxygen atoms in total. The van der Waals surface area contributed by atoms with Crippen LogP contribution < -0.4 is 4.74 Å². The zero-order valence-electron chi connectivity index (χ0n) is 13.6.